The van der Waals surface area contributed by atoms with Crippen LogP contribution in [0, 0.1) is 5.92 Å². The van der Waals surface area contributed by atoms with Crippen LogP contribution in [0.25, 0.3) is 0 Å². The Balaban J connectivity index is 2.52. The molecule has 1 rings (SSSR count). The lowest BCUT2D eigenvalue weighted by molar-refractivity contribution is 0.0955. The van der Waals surface area contributed by atoms with Gasteiger partial charge < -0.3 is 10.1 Å². The molecule has 88 valence electrons. The minimum atomic E-state index is 0.402. The van der Waals surface area contributed by atoms with Crippen molar-refractivity contribution in [1.29, 1.82) is 0 Å². The van der Waals surface area contributed by atoms with Crippen molar-refractivity contribution in [3.05, 3.63) is 12.2 Å². The van der Waals surface area contributed by atoms with Crippen LogP contribution in [0.1, 0.15) is 40.0 Å². The van der Waals surface area contributed by atoms with Crippen LogP contribution in [0.15, 0.2) is 12.2 Å². The number of nitrogens with one attached hydrogen (secondary N) is 1. The molecule has 0 aromatic carbocycles. The fraction of sp³-hybridized carbons (Fsp3) is 0.846. The largest absolute Gasteiger partial charge is 0.378 e. The average molecular weight is 211 g/mol. The van der Waals surface area contributed by atoms with Crippen LogP contribution < -0.4 is 5.32 Å². The number of ether oxygens (including phenoxy) is 1. The van der Waals surface area contributed by atoms with Crippen molar-refractivity contribution in [2.24, 2.45) is 5.92 Å². The zero-order chi connectivity index (χ0) is 11.3. The Morgan fingerprint density at radius 2 is 2.27 bits per heavy atom. The van der Waals surface area contributed by atoms with E-state index in [1.165, 1.54) is 12.0 Å². The first-order valence-corrected chi connectivity index (χ1v) is 6.20. The summed E-state index contributed by atoms with van der Waals surface area (Å²) < 4.78 is 5.64. The van der Waals surface area contributed by atoms with Crippen LogP contribution in [0.5, 0.6) is 0 Å². The first-order valence-electron chi connectivity index (χ1n) is 6.20. The third-order valence-electron chi connectivity index (χ3n) is 3.43. The summed E-state index contributed by atoms with van der Waals surface area (Å²) in [5, 5.41) is 3.58. The Kier molecular flexibility index (Phi) is 5.34. The lowest BCUT2D eigenvalue weighted by Crippen LogP contribution is -2.39. The van der Waals surface area contributed by atoms with Crippen LogP contribution in [0.2, 0.25) is 0 Å². The van der Waals surface area contributed by atoms with E-state index in [2.05, 4.69) is 32.7 Å². The molecular weight excluding hydrogens is 186 g/mol. The van der Waals surface area contributed by atoms with Gasteiger partial charge in [-0.15, -0.1) is 0 Å². The molecule has 0 saturated carbocycles. The van der Waals surface area contributed by atoms with Gasteiger partial charge in [-0.2, -0.15) is 0 Å². The van der Waals surface area contributed by atoms with Gasteiger partial charge in [-0.05, 0) is 32.7 Å². The Bertz CT molecular complexity index is 203. The van der Waals surface area contributed by atoms with Gasteiger partial charge in [0.25, 0.3) is 0 Å². The highest BCUT2D eigenvalue weighted by Gasteiger charge is 2.31. The van der Waals surface area contributed by atoms with E-state index in [1.54, 1.807) is 0 Å². The molecule has 15 heavy (non-hydrogen) atoms. The lowest BCUT2D eigenvalue weighted by Gasteiger charge is -2.27. The molecule has 0 spiro atoms. The molecule has 1 fully saturated rings. The van der Waals surface area contributed by atoms with E-state index < -0.39 is 0 Å². The minimum Gasteiger partial charge on any atom is -0.378 e. The summed E-state index contributed by atoms with van der Waals surface area (Å²) >= 11 is 0. The summed E-state index contributed by atoms with van der Waals surface area (Å²) in [6.45, 7) is 12.6. The molecule has 0 aliphatic carbocycles. The van der Waals surface area contributed by atoms with Gasteiger partial charge >= 0.3 is 0 Å². The smallest absolute Gasteiger partial charge is 0.0590 e. The fourth-order valence-corrected chi connectivity index (χ4v) is 2.37. The molecule has 1 saturated heterocycles. The number of hydrogen-bond donors (Lipinski definition) is 1. The lowest BCUT2D eigenvalue weighted by atomic mass is 9.88. The summed E-state index contributed by atoms with van der Waals surface area (Å²) in [6, 6.07) is 0.556. The molecule has 0 bridgehead atoms. The third kappa shape index (κ3) is 3.62. The van der Waals surface area contributed by atoms with Gasteiger partial charge in [0.15, 0.2) is 0 Å². The molecular formula is C13H25NO. The Morgan fingerprint density at radius 3 is 2.73 bits per heavy atom. The molecule has 1 N–H and O–H groups in total. The van der Waals surface area contributed by atoms with Gasteiger partial charge in [-0.25, -0.2) is 0 Å². The van der Waals surface area contributed by atoms with Gasteiger partial charge in [0.05, 0.1) is 6.10 Å². The second kappa shape index (κ2) is 6.29. The Hall–Kier alpha value is -0.340. The summed E-state index contributed by atoms with van der Waals surface area (Å²) in [5.74, 6) is 0.660. The normalized spacial score (nSPS) is 27.9. The zero-order valence-corrected chi connectivity index (χ0v) is 10.4. The number of hydrogen-bond acceptors (Lipinski definition) is 2. The monoisotopic (exact) mass is 211 g/mol. The SMILES string of the molecule is C=C(CC)CC(NCC)C1CCOC1C. The molecule has 1 aliphatic heterocycles. The molecule has 0 amide bonds. The topological polar surface area (TPSA) is 21.3 Å². The van der Waals surface area contributed by atoms with E-state index in [0.717, 1.165) is 26.0 Å². The third-order valence-corrected chi connectivity index (χ3v) is 3.43. The minimum absolute atomic E-state index is 0.402. The second-order valence-electron chi connectivity index (χ2n) is 4.50. The molecule has 0 aromatic rings. The average Bonchev–Trinajstić information content (AvgIpc) is 2.63. The van der Waals surface area contributed by atoms with E-state index in [-0.39, 0.29) is 0 Å². The Labute approximate surface area is 94.1 Å². The van der Waals surface area contributed by atoms with Crippen molar-refractivity contribution in [2.75, 3.05) is 13.2 Å². The van der Waals surface area contributed by atoms with E-state index in [1.807, 2.05) is 0 Å². The fourth-order valence-electron chi connectivity index (χ4n) is 2.37. The predicted molar refractivity (Wildman–Crippen MR) is 65.0 cm³/mol. The highest BCUT2D eigenvalue weighted by atomic mass is 16.5. The Morgan fingerprint density at radius 1 is 1.53 bits per heavy atom. The van der Waals surface area contributed by atoms with E-state index >= 15 is 0 Å². The number of rotatable bonds is 6. The van der Waals surface area contributed by atoms with Crippen molar-refractivity contribution in [1.82, 2.24) is 5.32 Å². The molecule has 0 radical (unpaired) electrons. The van der Waals surface area contributed by atoms with Crippen LogP contribution in [0.4, 0.5) is 0 Å². The summed E-state index contributed by atoms with van der Waals surface area (Å²) in [5.41, 5.74) is 1.35. The molecule has 3 unspecified atom stereocenters. The van der Waals surface area contributed by atoms with Crippen molar-refractivity contribution in [2.45, 2.75) is 52.2 Å². The van der Waals surface area contributed by atoms with Crippen molar-refractivity contribution in [3.63, 3.8) is 0 Å². The highest BCUT2D eigenvalue weighted by molar-refractivity contribution is 4.99. The first-order chi connectivity index (χ1) is 7.19. The standard InChI is InChI=1S/C13H25NO/c1-5-10(3)9-13(14-6-2)12-7-8-15-11(12)4/h11-14H,3,5-9H2,1-2,4H3. The van der Waals surface area contributed by atoms with Crippen LogP contribution in [-0.4, -0.2) is 25.3 Å². The first kappa shape index (κ1) is 12.7. The maximum absolute atomic E-state index is 5.64. The van der Waals surface area contributed by atoms with Crippen molar-refractivity contribution >= 4 is 0 Å². The van der Waals surface area contributed by atoms with Crippen molar-refractivity contribution < 1.29 is 4.74 Å². The summed E-state index contributed by atoms with van der Waals surface area (Å²) in [4.78, 5) is 0. The molecule has 0 aromatic heterocycles. The van der Waals surface area contributed by atoms with Gasteiger partial charge in [-0.1, -0.05) is 26.0 Å². The second-order valence-corrected chi connectivity index (χ2v) is 4.50. The van der Waals surface area contributed by atoms with E-state index in [0.29, 0.717) is 18.1 Å². The van der Waals surface area contributed by atoms with Crippen LogP contribution in [0.3, 0.4) is 0 Å². The zero-order valence-electron chi connectivity index (χ0n) is 10.4. The molecule has 1 aliphatic rings. The molecule has 1 heterocycles. The van der Waals surface area contributed by atoms with E-state index in [9.17, 15) is 0 Å². The van der Waals surface area contributed by atoms with E-state index in [4.69, 9.17) is 4.74 Å². The predicted octanol–water partition coefficient (Wildman–Crippen LogP) is 2.75. The van der Waals surface area contributed by atoms with Gasteiger partial charge in [-0.3, -0.25) is 0 Å². The molecule has 2 heteroatoms. The molecule has 3 atom stereocenters. The van der Waals surface area contributed by atoms with Gasteiger partial charge in [0.2, 0.25) is 0 Å². The maximum Gasteiger partial charge on any atom is 0.0590 e. The molecule has 2 nitrogen and oxygen atoms in total. The van der Waals surface area contributed by atoms with Crippen LogP contribution >= 0.6 is 0 Å². The summed E-state index contributed by atoms with van der Waals surface area (Å²) in [7, 11) is 0. The van der Waals surface area contributed by atoms with Gasteiger partial charge in [0.1, 0.15) is 0 Å². The van der Waals surface area contributed by atoms with Crippen LogP contribution in [-0.2, 0) is 4.74 Å². The van der Waals surface area contributed by atoms with Crippen molar-refractivity contribution in [3.8, 4) is 0 Å². The van der Waals surface area contributed by atoms with Gasteiger partial charge in [0, 0.05) is 18.6 Å². The quantitative estimate of drug-likeness (QED) is 0.682. The maximum atomic E-state index is 5.64. The highest BCUT2D eigenvalue weighted by Crippen LogP contribution is 2.27. The summed E-state index contributed by atoms with van der Waals surface area (Å²) in [6.07, 6.45) is 3.78.